The second-order valence-electron chi connectivity index (χ2n) is 10.6. The maximum absolute atomic E-state index is 13.8. The van der Waals surface area contributed by atoms with Gasteiger partial charge >= 0.3 is 0 Å². The Kier molecular flexibility index (Phi) is 6.27. The van der Waals surface area contributed by atoms with Crippen molar-refractivity contribution < 1.29 is 8.81 Å². The van der Waals surface area contributed by atoms with Crippen LogP contribution in [0.4, 0.5) is 4.39 Å². The Labute approximate surface area is 253 Å². The third-order valence-corrected chi connectivity index (χ3v) is 7.90. The average Bonchev–Trinajstić information content (AvgIpc) is 3.47. The van der Waals surface area contributed by atoms with Crippen molar-refractivity contribution in [3.05, 3.63) is 152 Å². The zero-order valence-corrected chi connectivity index (χ0v) is 23.5. The van der Waals surface area contributed by atoms with E-state index in [-0.39, 0.29) is 5.82 Å². The number of pyridine rings is 1. The minimum Gasteiger partial charge on any atom is -0.456 e. The molecule has 0 saturated heterocycles. The molecule has 0 aliphatic carbocycles. The quantitative estimate of drug-likeness (QED) is 0.207. The Bertz CT molecular complexity index is 2280. The van der Waals surface area contributed by atoms with Gasteiger partial charge in [-0.05, 0) is 71.3 Å². The topological polar surface area (TPSA) is 51.8 Å². The van der Waals surface area contributed by atoms with E-state index in [9.17, 15) is 4.39 Å². The van der Waals surface area contributed by atoms with Crippen LogP contribution in [0.1, 0.15) is 0 Å². The predicted octanol–water partition coefficient (Wildman–Crippen LogP) is 10.2. The van der Waals surface area contributed by atoms with E-state index in [2.05, 4.69) is 53.5 Å². The van der Waals surface area contributed by atoms with E-state index in [1.54, 1.807) is 18.3 Å². The maximum atomic E-state index is 13.8. The number of halogens is 1. The van der Waals surface area contributed by atoms with E-state index in [0.717, 1.165) is 66.6 Å². The van der Waals surface area contributed by atoms with Crippen LogP contribution >= 0.6 is 0 Å². The van der Waals surface area contributed by atoms with Crippen LogP contribution in [0.25, 0.3) is 78.1 Å². The van der Waals surface area contributed by atoms with Gasteiger partial charge in [0.05, 0.1) is 11.4 Å². The summed E-state index contributed by atoms with van der Waals surface area (Å²) in [4.78, 5) is 14.3. The van der Waals surface area contributed by atoms with E-state index in [0.29, 0.717) is 11.5 Å². The summed E-state index contributed by atoms with van der Waals surface area (Å²) in [5.74, 6) is 0.296. The molecular formula is C39H24FN3O. The maximum Gasteiger partial charge on any atom is 0.161 e. The lowest BCUT2D eigenvalue weighted by molar-refractivity contribution is 0.628. The zero-order chi connectivity index (χ0) is 29.5. The molecule has 0 atom stereocenters. The van der Waals surface area contributed by atoms with Crippen molar-refractivity contribution in [2.45, 2.75) is 0 Å². The summed E-state index contributed by atoms with van der Waals surface area (Å²) in [6.45, 7) is 0. The van der Waals surface area contributed by atoms with Crippen molar-refractivity contribution in [2.24, 2.45) is 0 Å². The number of rotatable bonds is 5. The van der Waals surface area contributed by atoms with Gasteiger partial charge in [-0.3, -0.25) is 4.98 Å². The van der Waals surface area contributed by atoms with E-state index in [1.165, 1.54) is 12.1 Å². The van der Waals surface area contributed by atoms with Gasteiger partial charge in [0.2, 0.25) is 0 Å². The smallest absolute Gasteiger partial charge is 0.161 e. The van der Waals surface area contributed by atoms with E-state index >= 15 is 0 Å². The van der Waals surface area contributed by atoms with Crippen molar-refractivity contribution in [3.63, 3.8) is 0 Å². The Morgan fingerprint density at radius 1 is 0.477 bits per heavy atom. The van der Waals surface area contributed by atoms with Crippen LogP contribution in [-0.4, -0.2) is 15.0 Å². The molecule has 4 nitrogen and oxygen atoms in total. The lowest BCUT2D eigenvalue weighted by atomic mass is 9.99. The standard InChI is InChI=1S/C39H24FN3O/c40-30-18-15-27(16-19-30)36-23-35(42-39(43-36)33-9-2-1-7-31(33)29-6-5-21-41-24-29)26-13-11-25(12-14-26)28-17-20-38-34(22-28)32-8-3-4-10-37(32)44-38/h1-24H. The summed E-state index contributed by atoms with van der Waals surface area (Å²) in [6.07, 6.45) is 3.60. The van der Waals surface area contributed by atoms with Gasteiger partial charge in [-0.15, -0.1) is 0 Å². The highest BCUT2D eigenvalue weighted by molar-refractivity contribution is 6.06. The first-order valence-electron chi connectivity index (χ1n) is 14.4. The molecule has 0 fully saturated rings. The molecule has 0 N–H and O–H groups in total. The number of para-hydroxylation sites is 1. The SMILES string of the molecule is Fc1ccc(-c2cc(-c3ccc(-c4ccc5oc6ccccc6c5c4)cc3)nc(-c3ccccc3-c3cccnc3)n2)cc1. The number of furan rings is 1. The van der Waals surface area contributed by atoms with Gasteiger partial charge in [-0.1, -0.05) is 78.9 Å². The minimum atomic E-state index is -0.289. The van der Waals surface area contributed by atoms with Crippen molar-refractivity contribution >= 4 is 21.9 Å². The Morgan fingerprint density at radius 3 is 1.86 bits per heavy atom. The first kappa shape index (κ1) is 25.7. The summed E-state index contributed by atoms with van der Waals surface area (Å²) in [7, 11) is 0. The second kappa shape index (κ2) is 10.7. The lowest BCUT2D eigenvalue weighted by Crippen LogP contribution is -1.97. The molecule has 0 spiro atoms. The van der Waals surface area contributed by atoms with Gasteiger partial charge in [0.1, 0.15) is 17.0 Å². The summed E-state index contributed by atoms with van der Waals surface area (Å²) in [5, 5.41) is 2.20. The van der Waals surface area contributed by atoms with Crippen LogP contribution in [-0.2, 0) is 0 Å². The lowest BCUT2D eigenvalue weighted by Gasteiger charge is -2.13. The highest BCUT2D eigenvalue weighted by atomic mass is 19.1. The van der Waals surface area contributed by atoms with Gasteiger partial charge in [0.25, 0.3) is 0 Å². The molecule has 0 aliphatic rings. The highest BCUT2D eigenvalue weighted by Gasteiger charge is 2.15. The third-order valence-electron chi connectivity index (χ3n) is 7.90. The van der Waals surface area contributed by atoms with Gasteiger partial charge in [0, 0.05) is 45.4 Å². The number of nitrogens with zero attached hydrogens (tertiary/aromatic N) is 3. The average molecular weight is 570 g/mol. The zero-order valence-electron chi connectivity index (χ0n) is 23.5. The molecular weight excluding hydrogens is 545 g/mol. The highest BCUT2D eigenvalue weighted by Crippen LogP contribution is 2.35. The molecule has 0 radical (unpaired) electrons. The van der Waals surface area contributed by atoms with Crippen LogP contribution < -0.4 is 0 Å². The molecule has 0 unspecified atom stereocenters. The van der Waals surface area contributed by atoms with Gasteiger partial charge in [0.15, 0.2) is 5.82 Å². The molecule has 0 aliphatic heterocycles. The van der Waals surface area contributed by atoms with Gasteiger partial charge in [-0.25, -0.2) is 14.4 Å². The molecule has 3 aromatic heterocycles. The fourth-order valence-corrected chi connectivity index (χ4v) is 5.68. The normalized spacial score (nSPS) is 11.3. The Morgan fingerprint density at radius 2 is 1.11 bits per heavy atom. The summed E-state index contributed by atoms with van der Waals surface area (Å²) in [5.41, 5.74) is 10.1. The summed E-state index contributed by atoms with van der Waals surface area (Å²) >= 11 is 0. The number of fused-ring (bicyclic) bond motifs is 3. The first-order chi connectivity index (χ1) is 21.7. The molecule has 5 aromatic carbocycles. The monoisotopic (exact) mass is 569 g/mol. The van der Waals surface area contributed by atoms with E-state index in [4.69, 9.17) is 14.4 Å². The molecule has 8 rings (SSSR count). The van der Waals surface area contributed by atoms with Gasteiger partial charge in [-0.2, -0.15) is 0 Å². The largest absolute Gasteiger partial charge is 0.456 e. The summed E-state index contributed by atoms with van der Waals surface area (Å²) in [6, 6.07) is 43.2. The third kappa shape index (κ3) is 4.71. The molecule has 0 bridgehead atoms. The van der Waals surface area contributed by atoms with Gasteiger partial charge < -0.3 is 4.42 Å². The van der Waals surface area contributed by atoms with Crippen molar-refractivity contribution in [1.29, 1.82) is 0 Å². The minimum absolute atomic E-state index is 0.289. The number of benzene rings is 5. The Balaban J connectivity index is 1.23. The fourth-order valence-electron chi connectivity index (χ4n) is 5.68. The van der Waals surface area contributed by atoms with Crippen molar-refractivity contribution in [3.8, 4) is 56.2 Å². The molecule has 44 heavy (non-hydrogen) atoms. The molecule has 0 saturated carbocycles. The van der Waals surface area contributed by atoms with E-state index < -0.39 is 0 Å². The van der Waals surface area contributed by atoms with Crippen LogP contribution in [0.5, 0.6) is 0 Å². The van der Waals surface area contributed by atoms with Crippen LogP contribution in [0, 0.1) is 5.82 Å². The molecule has 208 valence electrons. The molecule has 0 amide bonds. The number of hydrogen-bond donors (Lipinski definition) is 0. The summed E-state index contributed by atoms with van der Waals surface area (Å²) < 4.78 is 19.8. The number of hydrogen-bond acceptors (Lipinski definition) is 4. The predicted molar refractivity (Wildman–Crippen MR) is 174 cm³/mol. The number of aromatic nitrogens is 3. The van der Waals surface area contributed by atoms with Crippen LogP contribution in [0.2, 0.25) is 0 Å². The molecule has 3 heterocycles. The molecule has 5 heteroatoms. The van der Waals surface area contributed by atoms with E-state index in [1.807, 2.05) is 66.9 Å². The molecule has 8 aromatic rings. The Hall–Kier alpha value is -5.94. The van der Waals surface area contributed by atoms with Crippen LogP contribution in [0.15, 0.2) is 150 Å². The van der Waals surface area contributed by atoms with Crippen molar-refractivity contribution in [2.75, 3.05) is 0 Å². The fraction of sp³-hybridized carbons (Fsp3) is 0. The van der Waals surface area contributed by atoms with Crippen molar-refractivity contribution in [1.82, 2.24) is 15.0 Å². The second-order valence-corrected chi connectivity index (χ2v) is 10.6. The van der Waals surface area contributed by atoms with Crippen LogP contribution in [0.3, 0.4) is 0 Å². The first-order valence-corrected chi connectivity index (χ1v) is 14.4.